The lowest BCUT2D eigenvalue weighted by Crippen LogP contribution is -2.51. The summed E-state index contributed by atoms with van der Waals surface area (Å²) in [7, 11) is 0. The van der Waals surface area contributed by atoms with E-state index in [9.17, 15) is 9.90 Å². The van der Waals surface area contributed by atoms with E-state index in [0.29, 0.717) is 0 Å². The zero-order chi connectivity index (χ0) is 23.9. The van der Waals surface area contributed by atoms with Crippen LogP contribution in [0.4, 0.5) is 0 Å². The second kappa shape index (κ2) is 22.2. The van der Waals surface area contributed by atoms with Crippen LogP contribution in [0.3, 0.4) is 0 Å². The van der Waals surface area contributed by atoms with Crippen LogP contribution >= 0.6 is 0 Å². The molecular formula is C29H59NO2. The minimum atomic E-state index is -1.09. The van der Waals surface area contributed by atoms with Gasteiger partial charge in [0.1, 0.15) is 5.54 Å². The summed E-state index contributed by atoms with van der Waals surface area (Å²) in [6.45, 7) is 6.27. The summed E-state index contributed by atoms with van der Waals surface area (Å²) in [6.07, 6.45) is 29.7. The highest BCUT2D eigenvalue weighted by Crippen LogP contribution is 2.28. The third kappa shape index (κ3) is 17.9. The van der Waals surface area contributed by atoms with Crippen LogP contribution in [0.25, 0.3) is 0 Å². The topological polar surface area (TPSA) is 63.3 Å². The number of carboxylic acid groups (broad SMARTS) is 1. The van der Waals surface area contributed by atoms with Crippen molar-refractivity contribution in [3.05, 3.63) is 0 Å². The monoisotopic (exact) mass is 453 g/mol. The maximum atomic E-state index is 11.7. The Bertz CT molecular complexity index is 408. The van der Waals surface area contributed by atoms with Crippen LogP contribution < -0.4 is 5.73 Å². The van der Waals surface area contributed by atoms with E-state index in [0.717, 1.165) is 25.7 Å². The number of nitrogens with two attached hydrogens (primary N) is 1. The summed E-state index contributed by atoms with van der Waals surface area (Å²) < 4.78 is 0. The third-order valence-electron chi connectivity index (χ3n) is 7.37. The van der Waals surface area contributed by atoms with Crippen molar-refractivity contribution in [2.75, 3.05) is 0 Å². The molecule has 192 valence electrons. The lowest BCUT2D eigenvalue weighted by Gasteiger charge is -2.30. The Hall–Kier alpha value is -0.570. The van der Waals surface area contributed by atoms with Gasteiger partial charge in [-0.3, -0.25) is 4.79 Å². The molecule has 0 fully saturated rings. The first kappa shape index (κ1) is 31.4. The fraction of sp³-hybridized carbons (Fsp3) is 0.966. The van der Waals surface area contributed by atoms with Crippen LogP contribution in [-0.2, 0) is 4.79 Å². The molecule has 0 aliphatic heterocycles. The predicted molar refractivity (Wildman–Crippen MR) is 141 cm³/mol. The molecule has 3 heteroatoms. The van der Waals surface area contributed by atoms with Gasteiger partial charge in [0.05, 0.1) is 0 Å². The number of aliphatic carboxylic acids is 1. The zero-order valence-corrected chi connectivity index (χ0v) is 22.3. The Labute approximate surface area is 201 Å². The molecule has 0 saturated heterocycles. The van der Waals surface area contributed by atoms with Crippen molar-refractivity contribution >= 4 is 5.97 Å². The minimum Gasteiger partial charge on any atom is -0.480 e. The molecule has 0 amide bonds. The van der Waals surface area contributed by atoms with Gasteiger partial charge >= 0.3 is 5.97 Å². The fourth-order valence-corrected chi connectivity index (χ4v) is 4.85. The Kier molecular flexibility index (Phi) is 21.8. The lowest BCUT2D eigenvalue weighted by molar-refractivity contribution is -0.145. The Morgan fingerprint density at radius 2 is 0.844 bits per heavy atom. The molecule has 2 unspecified atom stereocenters. The van der Waals surface area contributed by atoms with Crippen LogP contribution in [0.5, 0.6) is 0 Å². The van der Waals surface area contributed by atoms with Crippen LogP contribution in [0.15, 0.2) is 0 Å². The van der Waals surface area contributed by atoms with Crippen molar-refractivity contribution in [3.8, 4) is 0 Å². The van der Waals surface area contributed by atoms with E-state index in [1.54, 1.807) is 6.92 Å². The summed E-state index contributed by atoms with van der Waals surface area (Å²) in [5.41, 5.74) is 5.17. The molecule has 0 heterocycles. The van der Waals surface area contributed by atoms with Gasteiger partial charge in [0.25, 0.3) is 0 Å². The molecule has 32 heavy (non-hydrogen) atoms. The minimum absolute atomic E-state index is 0.104. The molecule has 0 aromatic carbocycles. The van der Waals surface area contributed by atoms with E-state index in [-0.39, 0.29) is 5.92 Å². The summed E-state index contributed by atoms with van der Waals surface area (Å²) >= 11 is 0. The summed E-state index contributed by atoms with van der Waals surface area (Å²) in [4.78, 5) is 11.7. The molecule has 0 rings (SSSR count). The lowest BCUT2D eigenvalue weighted by atomic mass is 9.79. The molecule has 0 aromatic heterocycles. The first-order valence-corrected chi connectivity index (χ1v) is 14.5. The highest BCUT2D eigenvalue weighted by Gasteiger charge is 2.36. The van der Waals surface area contributed by atoms with E-state index < -0.39 is 11.5 Å². The summed E-state index contributed by atoms with van der Waals surface area (Å²) in [5, 5.41) is 9.63. The van der Waals surface area contributed by atoms with Crippen molar-refractivity contribution < 1.29 is 9.90 Å². The van der Waals surface area contributed by atoms with E-state index in [1.165, 1.54) is 122 Å². The molecule has 3 nitrogen and oxygen atoms in total. The maximum absolute atomic E-state index is 11.7. The van der Waals surface area contributed by atoms with Crippen molar-refractivity contribution in [1.82, 2.24) is 0 Å². The van der Waals surface area contributed by atoms with Gasteiger partial charge in [-0.1, -0.05) is 149 Å². The molecular weight excluding hydrogens is 394 g/mol. The van der Waals surface area contributed by atoms with Gasteiger partial charge in [-0.2, -0.15) is 0 Å². The number of hydrogen-bond donors (Lipinski definition) is 2. The van der Waals surface area contributed by atoms with Crippen LogP contribution in [-0.4, -0.2) is 16.6 Å². The van der Waals surface area contributed by atoms with Crippen molar-refractivity contribution in [1.29, 1.82) is 0 Å². The zero-order valence-electron chi connectivity index (χ0n) is 22.3. The molecule has 0 spiro atoms. The van der Waals surface area contributed by atoms with Gasteiger partial charge in [-0.05, 0) is 25.7 Å². The van der Waals surface area contributed by atoms with Crippen molar-refractivity contribution in [2.24, 2.45) is 11.7 Å². The molecule has 3 N–H and O–H groups in total. The van der Waals surface area contributed by atoms with Crippen molar-refractivity contribution in [3.63, 3.8) is 0 Å². The van der Waals surface area contributed by atoms with Gasteiger partial charge in [0.15, 0.2) is 0 Å². The SMILES string of the molecule is CCCCCCCCCCCCCC(CCCCCCCCCCCC)C(C)(N)C(=O)O. The number of unbranched alkanes of at least 4 members (excludes halogenated alkanes) is 19. The Morgan fingerprint density at radius 3 is 1.09 bits per heavy atom. The van der Waals surface area contributed by atoms with Gasteiger partial charge in [0, 0.05) is 0 Å². The highest BCUT2D eigenvalue weighted by molar-refractivity contribution is 5.78. The van der Waals surface area contributed by atoms with Crippen LogP contribution in [0.2, 0.25) is 0 Å². The standard InChI is InChI=1S/C29H59NO2/c1-4-6-8-10-12-14-16-18-20-22-24-26-27(29(3,30)28(31)32)25-23-21-19-17-15-13-11-9-7-5-2/h27H,4-26,30H2,1-3H3,(H,31,32). The molecule has 0 aromatic rings. The fourth-order valence-electron chi connectivity index (χ4n) is 4.85. The van der Waals surface area contributed by atoms with E-state index in [1.807, 2.05) is 0 Å². The molecule has 0 aliphatic rings. The number of rotatable bonds is 25. The molecule has 0 bridgehead atoms. The largest absolute Gasteiger partial charge is 0.480 e. The second-order valence-electron chi connectivity index (χ2n) is 10.6. The smallest absolute Gasteiger partial charge is 0.323 e. The van der Waals surface area contributed by atoms with E-state index in [2.05, 4.69) is 13.8 Å². The average Bonchev–Trinajstić information content (AvgIpc) is 2.77. The molecule has 0 saturated carbocycles. The number of carboxylic acids is 1. The van der Waals surface area contributed by atoms with Crippen molar-refractivity contribution in [2.45, 2.75) is 174 Å². The quantitative estimate of drug-likeness (QED) is 0.135. The van der Waals surface area contributed by atoms with Gasteiger partial charge in [-0.25, -0.2) is 0 Å². The van der Waals surface area contributed by atoms with Gasteiger partial charge in [0.2, 0.25) is 0 Å². The Balaban J connectivity index is 3.89. The molecule has 0 aliphatic carbocycles. The van der Waals surface area contributed by atoms with Gasteiger partial charge in [-0.15, -0.1) is 0 Å². The first-order chi connectivity index (χ1) is 15.5. The molecule has 2 atom stereocenters. The van der Waals surface area contributed by atoms with E-state index >= 15 is 0 Å². The van der Waals surface area contributed by atoms with Crippen LogP contribution in [0.1, 0.15) is 168 Å². The molecule has 0 radical (unpaired) electrons. The summed E-state index contributed by atoms with van der Waals surface area (Å²) in [5.74, 6) is -0.731. The Morgan fingerprint density at radius 1 is 0.594 bits per heavy atom. The number of hydrogen-bond acceptors (Lipinski definition) is 2. The second-order valence-corrected chi connectivity index (χ2v) is 10.6. The number of carbonyl (C=O) groups is 1. The summed E-state index contributed by atoms with van der Waals surface area (Å²) in [6, 6.07) is 0. The van der Waals surface area contributed by atoms with Crippen LogP contribution in [0, 0.1) is 5.92 Å². The van der Waals surface area contributed by atoms with Gasteiger partial charge < -0.3 is 10.8 Å². The average molecular weight is 454 g/mol. The predicted octanol–water partition coefficient (Wildman–Crippen LogP) is 9.42. The first-order valence-electron chi connectivity index (χ1n) is 14.5. The van der Waals surface area contributed by atoms with E-state index in [4.69, 9.17) is 5.73 Å². The third-order valence-corrected chi connectivity index (χ3v) is 7.37. The highest BCUT2D eigenvalue weighted by atomic mass is 16.4. The maximum Gasteiger partial charge on any atom is 0.323 e. The normalized spacial score (nSPS) is 14.4.